The second-order valence-corrected chi connectivity index (χ2v) is 8.96. The third-order valence-corrected chi connectivity index (χ3v) is 6.77. The molecule has 0 unspecified atom stereocenters. The number of aromatic nitrogens is 3. The van der Waals surface area contributed by atoms with Gasteiger partial charge in [-0.25, -0.2) is 9.37 Å². The first kappa shape index (κ1) is 22.0. The molecule has 2 aromatic carbocycles. The van der Waals surface area contributed by atoms with Crippen LogP contribution in [0, 0.1) is 5.82 Å². The summed E-state index contributed by atoms with van der Waals surface area (Å²) in [7, 11) is 0. The van der Waals surface area contributed by atoms with Gasteiger partial charge in [0, 0.05) is 49.8 Å². The number of carbonyl (C=O) groups is 1. The molecule has 3 aromatic heterocycles. The average molecular weight is 482 g/mol. The normalized spacial score (nSPS) is 14.0. The van der Waals surface area contributed by atoms with Crippen LogP contribution in [0.15, 0.2) is 90.0 Å². The molecule has 36 heavy (non-hydrogen) atoms. The summed E-state index contributed by atoms with van der Waals surface area (Å²) < 4.78 is 16.8. The zero-order valence-electron chi connectivity index (χ0n) is 19.5. The maximum atomic E-state index is 13.3. The topological polar surface area (TPSA) is 62.9 Å². The third kappa shape index (κ3) is 3.90. The second kappa shape index (κ2) is 8.96. The lowest BCUT2D eigenvalue weighted by atomic mass is 10.1. The maximum absolute atomic E-state index is 13.3. The molecule has 0 N–H and O–H groups in total. The molecule has 5 aromatic rings. The Morgan fingerprint density at radius 2 is 1.67 bits per heavy atom. The van der Waals surface area contributed by atoms with Crippen LogP contribution in [0.5, 0.6) is 0 Å². The minimum absolute atomic E-state index is 0.0343. The van der Waals surface area contributed by atoms with Crippen molar-refractivity contribution in [1.29, 1.82) is 0 Å². The molecule has 0 radical (unpaired) electrons. The van der Waals surface area contributed by atoms with Crippen molar-refractivity contribution in [2.75, 3.05) is 31.1 Å². The van der Waals surface area contributed by atoms with Crippen molar-refractivity contribution < 1.29 is 9.18 Å². The van der Waals surface area contributed by atoms with E-state index in [2.05, 4.69) is 9.88 Å². The molecule has 0 bridgehead atoms. The van der Waals surface area contributed by atoms with Crippen LogP contribution >= 0.6 is 0 Å². The van der Waals surface area contributed by atoms with Gasteiger partial charge in [-0.1, -0.05) is 12.1 Å². The largest absolute Gasteiger partial charge is 0.368 e. The smallest absolute Gasteiger partial charge is 0.276 e. The highest BCUT2D eigenvalue weighted by Crippen LogP contribution is 2.19. The highest BCUT2D eigenvalue weighted by atomic mass is 19.1. The van der Waals surface area contributed by atoms with Gasteiger partial charge >= 0.3 is 0 Å². The number of nitrogens with zero attached hydrogens (tertiary/aromatic N) is 5. The lowest BCUT2D eigenvalue weighted by molar-refractivity contribution is 0.0746. The Labute approximate surface area is 206 Å². The van der Waals surface area contributed by atoms with Gasteiger partial charge in [-0.05, 0) is 66.2 Å². The molecule has 8 heteroatoms. The van der Waals surface area contributed by atoms with Crippen molar-refractivity contribution >= 4 is 28.3 Å². The molecule has 1 aliphatic heterocycles. The Balaban J connectivity index is 1.23. The van der Waals surface area contributed by atoms with Gasteiger partial charge in [0.15, 0.2) is 5.65 Å². The van der Waals surface area contributed by atoms with Gasteiger partial charge in [-0.3, -0.25) is 14.2 Å². The van der Waals surface area contributed by atoms with E-state index in [0.29, 0.717) is 49.5 Å². The van der Waals surface area contributed by atoms with Gasteiger partial charge in [0.2, 0.25) is 0 Å². The maximum Gasteiger partial charge on any atom is 0.276 e. The third-order valence-electron chi connectivity index (χ3n) is 6.77. The van der Waals surface area contributed by atoms with E-state index in [4.69, 9.17) is 0 Å². The molecular weight excluding hydrogens is 457 g/mol. The Hall–Kier alpha value is -4.46. The van der Waals surface area contributed by atoms with Gasteiger partial charge in [0.25, 0.3) is 11.5 Å². The van der Waals surface area contributed by atoms with Gasteiger partial charge in [-0.2, -0.15) is 0 Å². The van der Waals surface area contributed by atoms with E-state index in [0.717, 1.165) is 16.8 Å². The minimum atomic E-state index is -0.257. The fourth-order valence-electron chi connectivity index (χ4n) is 4.92. The van der Waals surface area contributed by atoms with Crippen molar-refractivity contribution in [3.63, 3.8) is 0 Å². The number of hydrogen-bond acceptors (Lipinski definition) is 4. The highest BCUT2D eigenvalue weighted by molar-refractivity contribution is 5.94. The fraction of sp³-hybridized carbons (Fsp3) is 0.179. The summed E-state index contributed by atoms with van der Waals surface area (Å²) in [5, 5.41) is 0. The lowest BCUT2D eigenvalue weighted by Crippen LogP contribution is -2.48. The van der Waals surface area contributed by atoms with Crippen LogP contribution in [0.3, 0.4) is 0 Å². The standard InChI is InChI=1S/C28H24FN5O2/c29-22-8-10-23(11-9-22)31-14-16-32(17-15-31)27(35)21-5-1-4-20(18-21)19-34-26-24(6-2-12-30-26)33-13-3-7-25(33)28(34)36/h1-13,18H,14-17,19H2. The van der Waals surface area contributed by atoms with Gasteiger partial charge in [0.05, 0.1) is 12.1 Å². The van der Waals surface area contributed by atoms with Crippen LogP contribution in [-0.4, -0.2) is 50.9 Å². The number of halogens is 1. The molecule has 4 heterocycles. The molecule has 7 nitrogen and oxygen atoms in total. The molecule has 180 valence electrons. The summed E-state index contributed by atoms with van der Waals surface area (Å²) in [6.45, 7) is 2.84. The van der Waals surface area contributed by atoms with E-state index < -0.39 is 0 Å². The van der Waals surface area contributed by atoms with E-state index in [1.165, 1.54) is 12.1 Å². The number of piperazine rings is 1. The van der Waals surface area contributed by atoms with Crippen molar-refractivity contribution in [3.8, 4) is 0 Å². The SMILES string of the molecule is O=C(c1cccc(Cn2c(=O)c3cccn3c3cccnc32)c1)N1CCN(c2ccc(F)cc2)CC1. The monoisotopic (exact) mass is 481 g/mol. The van der Waals surface area contributed by atoms with Gasteiger partial charge in [0.1, 0.15) is 11.3 Å². The second-order valence-electron chi connectivity index (χ2n) is 8.96. The van der Waals surface area contributed by atoms with Crippen LogP contribution < -0.4 is 10.5 Å². The van der Waals surface area contributed by atoms with E-state index >= 15 is 0 Å². The van der Waals surface area contributed by atoms with Crippen molar-refractivity contribution in [2.24, 2.45) is 0 Å². The number of carbonyl (C=O) groups excluding carboxylic acids is 1. The first-order valence-corrected chi connectivity index (χ1v) is 11.9. The molecule has 0 aliphatic carbocycles. The number of hydrogen-bond donors (Lipinski definition) is 0. The average Bonchev–Trinajstić information content (AvgIpc) is 3.42. The molecular formula is C28H24FN5O2. The molecule has 1 aliphatic rings. The molecule has 1 fully saturated rings. The number of fused-ring (bicyclic) bond motifs is 3. The van der Waals surface area contributed by atoms with Crippen LogP contribution in [-0.2, 0) is 6.54 Å². The Bertz CT molecular complexity index is 1630. The molecule has 1 amide bonds. The van der Waals surface area contributed by atoms with Gasteiger partial charge < -0.3 is 14.2 Å². The zero-order chi connectivity index (χ0) is 24.6. The van der Waals surface area contributed by atoms with Crippen molar-refractivity contribution in [3.05, 3.63) is 112 Å². The van der Waals surface area contributed by atoms with Gasteiger partial charge in [-0.15, -0.1) is 0 Å². The fourth-order valence-corrected chi connectivity index (χ4v) is 4.92. The molecule has 6 rings (SSSR count). The summed E-state index contributed by atoms with van der Waals surface area (Å²) in [6.07, 6.45) is 3.54. The summed E-state index contributed by atoms with van der Waals surface area (Å²) in [5.41, 5.74) is 4.31. The predicted molar refractivity (Wildman–Crippen MR) is 137 cm³/mol. The van der Waals surface area contributed by atoms with E-state index in [1.54, 1.807) is 29.0 Å². The highest BCUT2D eigenvalue weighted by Gasteiger charge is 2.23. The van der Waals surface area contributed by atoms with Crippen molar-refractivity contribution in [1.82, 2.24) is 18.9 Å². The number of anilines is 1. The Morgan fingerprint density at radius 3 is 2.47 bits per heavy atom. The quantitative estimate of drug-likeness (QED) is 0.392. The Morgan fingerprint density at radius 1 is 0.889 bits per heavy atom. The number of pyridine rings is 1. The summed E-state index contributed by atoms with van der Waals surface area (Å²) in [4.78, 5) is 35.0. The molecule has 1 saturated heterocycles. The van der Waals surface area contributed by atoms with E-state index in [1.807, 2.05) is 58.0 Å². The number of benzene rings is 2. The Kier molecular flexibility index (Phi) is 5.48. The first-order chi connectivity index (χ1) is 17.6. The zero-order valence-corrected chi connectivity index (χ0v) is 19.5. The predicted octanol–water partition coefficient (Wildman–Crippen LogP) is 3.80. The lowest BCUT2D eigenvalue weighted by Gasteiger charge is -2.36. The van der Waals surface area contributed by atoms with Crippen LogP contribution in [0.2, 0.25) is 0 Å². The number of rotatable bonds is 4. The van der Waals surface area contributed by atoms with E-state index in [9.17, 15) is 14.0 Å². The minimum Gasteiger partial charge on any atom is -0.368 e. The summed E-state index contributed by atoms with van der Waals surface area (Å²) >= 11 is 0. The molecule has 0 spiro atoms. The van der Waals surface area contributed by atoms with Crippen LogP contribution in [0.4, 0.5) is 10.1 Å². The first-order valence-electron chi connectivity index (χ1n) is 11.9. The van der Waals surface area contributed by atoms with Crippen LogP contribution in [0.25, 0.3) is 16.7 Å². The molecule has 0 saturated carbocycles. The van der Waals surface area contributed by atoms with Crippen molar-refractivity contribution in [2.45, 2.75) is 6.54 Å². The summed E-state index contributed by atoms with van der Waals surface area (Å²) in [6, 6.07) is 21.3. The number of amides is 1. The van der Waals surface area contributed by atoms with Crippen LogP contribution in [0.1, 0.15) is 15.9 Å². The molecule has 0 atom stereocenters. The van der Waals surface area contributed by atoms with E-state index in [-0.39, 0.29) is 17.3 Å². The summed E-state index contributed by atoms with van der Waals surface area (Å²) in [5.74, 6) is -0.292.